The number of thiophene rings is 1. The van der Waals surface area contributed by atoms with Crippen molar-refractivity contribution < 1.29 is 4.79 Å². The van der Waals surface area contributed by atoms with Crippen molar-refractivity contribution in [3.05, 3.63) is 20.8 Å². The van der Waals surface area contributed by atoms with Crippen LogP contribution >= 0.6 is 27.3 Å². The number of piperidine rings is 1. The predicted molar refractivity (Wildman–Crippen MR) is 71.0 cm³/mol. The molecule has 2 atom stereocenters. The molecule has 1 aromatic heterocycles. The van der Waals surface area contributed by atoms with E-state index in [2.05, 4.69) is 29.8 Å². The maximum atomic E-state index is 12.3. The highest BCUT2D eigenvalue weighted by molar-refractivity contribution is 9.11. The van der Waals surface area contributed by atoms with Crippen LogP contribution in [0.4, 0.5) is 0 Å². The van der Waals surface area contributed by atoms with E-state index in [1.54, 1.807) is 0 Å². The van der Waals surface area contributed by atoms with Crippen molar-refractivity contribution in [2.75, 3.05) is 0 Å². The van der Waals surface area contributed by atoms with Crippen molar-refractivity contribution >= 4 is 33.2 Å². The molecule has 2 nitrogen and oxygen atoms in total. The number of halogens is 1. The number of amides is 1. The van der Waals surface area contributed by atoms with Crippen molar-refractivity contribution in [3.8, 4) is 0 Å². The van der Waals surface area contributed by atoms with Gasteiger partial charge in [0.25, 0.3) is 5.91 Å². The molecule has 2 rings (SSSR count). The normalized spacial score (nSPS) is 25.8. The number of hydrogen-bond donors (Lipinski definition) is 0. The Balaban J connectivity index is 2.19. The van der Waals surface area contributed by atoms with Crippen LogP contribution in [0.15, 0.2) is 15.9 Å². The van der Waals surface area contributed by atoms with E-state index in [1.807, 2.05) is 17.0 Å². The third-order valence-corrected chi connectivity index (χ3v) is 4.82. The maximum absolute atomic E-state index is 12.3. The summed E-state index contributed by atoms with van der Waals surface area (Å²) in [6.07, 6.45) is 3.49. The lowest BCUT2D eigenvalue weighted by Crippen LogP contribution is -2.47. The van der Waals surface area contributed by atoms with Crippen molar-refractivity contribution in [1.82, 2.24) is 4.90 Å². The number of hydrogen-bond acceptors (Lipinski definition) is 2. The number of rotatable bonds is 1. The summed E-state index contributed by atoms with van der Waals surface area (Å²) in [5.41, 5.74) is 0. The quantitative estimate of drug-likeness (QED) is 0.770. The lowest BCUT2D eigenvalue weighted by Gasteiger charge is -2.38. The Morgan fingerprint density at radius 1 is 1.38 bits per heavy atom. The van der Waals surface area contributed by atoms with Crippen LogP contribution in [0.25, 0.3) is 0 Å². The molecule has 1 saturated heterocycles. The number of carbonyl (C=O) groups is 1. The molecule has 0 aliphatic carbocycles. The van der Waals surface area contributed by atoms with Crippen LogP contribution in [0.1, 0.15) is 42.8 Å². The largest absolute Gasteiger partial charge is 0.333 e. The Bertz CT molecular complexity index is 380. The first-order chi connectivity index (χ1) is 7.59. The van der Waals surface area contributed by atoms with Gasteiger partial charge in [0.2, 0.25) is 0 Å². The van der Waals surface area contributed by atoms with Gasteiger partial charge < -0.3 is 4.90 Å². The zero-order valence-corrected chi connectivity index (χ0v) is 12.0. The average molecular weight is 302 g/mol. The molecule has 0 aromatic carbocycles. The first kappa shape index (κ1) is 12.1. The fraction of sp³-hybridized carbons (Fsp3) is 0.583. The number of likely N-dealkylation sites (tertiary alicyclic amines) is 1. The second-order valence-corrected chi connectivity index (χ2v) is 6.91. The zero-order valence-electron chi connectivity index (χ0n) is 9.57. The van der Waals surface area contributed by atoms with Gasteiger partial charge in [-0.05, 0) is 61.2 Å². The van der Waals surface area contributed by atoms with E-state index in [1.165, 1.54) is 17.8 Å². The van der Waals surface area contributed by atoms with Crippen LogP contribution in [-0.2, 0) is 0 Å². The van der Waals surface area contributed by atoms with Crippen LogP contribution in [0.2, 0.25) is 0 Å². The summed E-state index contributed by atoms with van der Waals surface area (Å²) in [4.78, 5) is 15.2. The maximum Gasteiger partial charge on any atom is 0.264 e. The summed E-state index contributed by atoms with van der Waals surface area (Å²) in [5, 5.41) is 0. The topological polar surface area (TPSA) is 20.3 Å². The fourth-order valence-corrected chi connectivity index (χ4v) is 3.71. The highest BCUT2D eigenvalue weighted by Crippen LogP contribution is 2.28. The molecule has 1 aliphatic heterocycles. The summed E-state index contributed by atoms with van der Waals surface area (Å²) < 4.78 is 1.02. The summed E-state index contributed by atoms with van der Waals surface area (Å²) in [6.45, 7) is 4.30. The summed E-state index contributed by atoms with van der Waals surface area (Å²) in [5.74, 6) is 0.190. The van der Waals surface area contributed by atoms with Gasteiger partial charge in [-0.25, -0.2) is 0 Å². The Kier molecular flexibility index (Phi) is 3.70. The molecule has 4 heteroatoms. The molecule has 88 valence electrons. The molecule has 1 aromatic rings. The van der Waals surface area contributed by atoms with Gasteiger partial charge in [0, 0.05) is 12.1 Å². The third kappa shape index (κ3) is 2.33. The van der Waals surface area contributed by atoms with Crippen molar-refractivity contribution in [3.63, 3.8) is 0 Å². The third-order valence-electron chi connectivity index (χ3n) is 3.21. The lowest BCUT2D eigenvalue weighted by atomic mass is 9.97. The summed E-state index contributed by atoms with van der Waals surface area (Å²) in [6, 6.07) is 4.59. The van der Waals surface area contributed by atoms with E-state index in [4.69, 9.17) is 0 Å². The average Bonchev–Trinajstić information content (AvgIpc) is 2.64. The smallest absolute Gasteiger partial charge is 0.264 e. The predicted octanol–water partition coefficient (Wildman–Crippen LogP) is 3.91. The minimum atomic E-state index is 0.190. The number of carbonyl (C=O) groups excluding carboxylic acids is 1. The minimum absolute atomic E-state index is 0.190. The fourth-order valence-electron chi connectivity index (χ4n) is 2.38. The molecular weight excluding hydrogens is 286 g/mol. The van der Waals surface area contributed by atoms with E-state index >= 15 is 0 Å². The molecule has 1 amide bonds. The Labute approximate surface area is 109 Å². The molecule has 0 N–H and O–H groups in total. The summed E-state index contributed by atoms with van der Waals surface area (Å²) in [7, 11) is 0. The van der Waals surface area contributed by atoms with Gasteiger partial charge in [-0.2, -0.15) is 0 Å². The van der Waals surface area contributed by atoms with Gasteiger partial charge in [0.15, 0.2) is 0 Å². The first-order valence-corrected chi connectivity index (χ1v) is 7.28. The van der Waals surface area contributed by atoms with Crippen LogP contribution in [0.5, 0.6) is 0 Å². The highest BCUT2D eigenvalue weighted by atomic mass is 79.9. The Hall–Kier alpha value is -0.350. The van der Waals surface area contributed by atoms with Gasteiger partial charge >= 0.3 is 0 Å². The minimum Gasteiger partial charge on any atom is -0.333 e. The van der Waals surface area contributed by atoms with Crippen LogP contribution in [0.3, 0.4) is 0 Å². The molecule has 16 heavy (non-hydrogen) atoms. The number of nitrogens with zero attached hydrogens (tertiary/aromatic N) is 1. The lowest BCUT2D eigenvalue weighted by molar-refractivity contribution is 0.0516. The molecule has 2 unspecified atom stereocenters. The van der Waals surface area contributed by atoms with E-state index in [9.17, 15) is 4.79 Å². The van der Waals surface area contributed by atoms with Gasteiger partial charge in [0.1, 0.15) is 0 Å². The molecule has 0 saturated carbocycles. The van der Waals surface area contributed by atoms with Crippen LogP contribution < -0.4 is 0 Å². The molecule has 0 spiro atoms. The summed E-state index contributed by atoms with van der Waals surface area (Å²) >= 11 is 4.92. The highest BCUT2D eigenvalue weighted by Gasteiger charge is 2.30. The van der Waals surface area contributed by atoms with Gasteiger partial charge in [-0.15, -0.1) is 11.3 Å². The molecule has 2 heterocycles. The first-order valence-electron chi connectivity index (χ1n) is 5.67. The molecule has 1 aliphatic rings. The standard InChI is InChI=1S/C12H16BrNOS/c1-8-4-3-5-9(2)14(8)12(15)10-6-7-11(13)16-10/h6-9H,3-5H2,1-2H3. The Morgan fingerprint density at radius 3 is 2.50 bits per heavy atom. The second kappa shape index (κ2) is 4.88. The monoisotopic (exact) mass is 301 g/mol. The molecular formula is C12H16BrNOS. The van der Waals surface area contributed by atoms with Gasteiger partial charge in [-0.3, -0.25) is 4.79 Å². The van der Waals surface area contributed by atoms with Crippen molar-refractivity contribution in [2.24, 2.45) is 0 Å². The van der Waals surface area contributed by atoms with E-state index in [0.29, 0.717) is 12.1 Å². The van der Waals surface area contributed by atoms with E-state index < -0.39 is 0 Å². The van der Waals surface area contributed by atoms with E-state index in [-0.39, 0.29) is 5.91 Å². The van der Waals surface area contributed by atoms with Crippen molar-refractivity contribution in [2.45, 2.75) is 45.2 Å². The van der Waals surface area contributed by atoms with Crippen LogP contribution in [0, 0.1) is 0 Å². The SMILES string of the molecule is CC1CCCC(C)N1C(=O)c1ccc(Br)s1. The molecule has 0 bridgehead atoms. The second-order valence-electron chi connectivity index (χ2n) is 4.45. The molecule has 1 fully saturated rings. The van der Waals surface area contributed by atoms with Crippen LogP contribution in [-0.4, -0.2) is 22.9 Å². The van der Waals surface area contributed by atoms with Crippen molar-refractivity contribution in [1.29, 1.82) is 0 Å². The molecule has 0 radical (unpaired) electrons. The van der Waals surface area contributed by atoms with Gasteiger partial charge in [-0.1, -0.05) is 0 Å². The van der Waals surface area contributed by atoms with E-state index in [0.717, 1.165) is 21.5 Å². The Morgan fingerprint density at radius 2 is 2.00 bits per heavy atom. The zero-order chi connectivity index (χ0) is 11.7. The van der Waals surface area contributed by atoms with Gasteiger partial charge in [0.05, 0.1) is 8.66 Å².